The van der Waals surface area contributed by atoms with Gasteiger partial charge in [0, 0.05) is 4.47 Å². The van der Waals surface area contributed by atoms with E-state index in [-0.39, 0.29) is 5.91 Å². The minimum atomic E-state index is -0.0357. The lowest BCUT2D eigenvalue weighted by Gasteiger charge is -2.08. The summed E-state index contributed by atoms with van der Waals surface area (Å²) in [7, 11) is 0. The summed E-state index contributed by atoms with van der Waals surface area (Å²) >= 11 is 4.95. The standard InChI is InChI=1S/C14H14BrNOS/c1-3-10-6-7-18-13(10)14(17)16-12-5-4-9(2)8-11(12)15/h4-8H,3H2,1-2H3,(H,16,17). The third-order valence-electron chi connectivity index (χ3n) is 2.71. The Morgan fingerprint density at radius 2 is 2.17 bits per heavy atom. The molecule has 2 aromatic rings. The molecule has 1 N–H and O–H groups in total. The van der Waals surface area contributed by atoms with E-state index in [0.717, 1.165) is 32.6 Å². The van der Waals surface area contributed by atoms with E-state index in [0.29, 0.717) is 0 Å². The molecular weight excluding hydrogens is 310 g/mol. The first-order chi connectivity index (χ1) is 8.61. The normalized spacial score (nSPS) is 10.4. The first-order valence-electron chi connectivity index (χ1n) is 5.75. The molecular formula is C14H14BrNOS. The molecule has 2 rings (SSSR count). The molecule has 0 atom stereocenters. The molecule has 0 spiro atoms. The van der Waals surface area contributed by atoms with E-state index in [2.05, 4.69) is 28.2 Å². The second-order valence-electron chi connectivity index (χ2n) is 4.07. The van der Waals surface area contributed by atoms with Crippen LogP contribution in [-0.2, 0) is 6.42 Å². The maximum absolute atomic E-state index is 12.2. The summed E-state index contributed by atoms with van der Waals surface area (Å²) in [6.45, 7) is 4.07. The van der Waals surface area contributed by atoms with Crippen molar-refractivity contribution in [3.8, 4) is 0 Å². The van der Waals surface area contributed by atoms with Crippen LogP contribution in [0.2, 0.25) is 0 Å². The van der Waals surface area contributed by atoms with Crippen LogP contribution in [0.3, 0.4) is 0 Å². The van der Waals surface area contributed by atoms with Crippen LogP contribution in [0.15, 0.2) is 34.1 Å². The molecule has 0 saturated heterocycles. The van der Waals surface area contributed by atoms with Gasteiger partial charge in [-0.2, -0.15) is 0 Å². The maximum atomic E-state index is 12.2. The first kappa shape index (κ1) is 13.3. The van der Waals surface area contributed by atoms with Crippen LogP contribution >= 0.6 is 27.3 Å². The van der Waals surface area contributed by atoms with Crippen LogP contribution in [0, 0.1) is 6.92 Å². The molecule has 0 radical (unpaired) electrons. The van der Waals surface area contributed by atoms with Gasteiger partial charge in [-0.05, 0) is 64.0 Å². The van der Waals surface area contributed by atoms with Gasteiger partial charge in [0.05, 0.1) is 10.6 Å². The number of aryl methyl sites for hydroxylation is 2. The smallest absolute Gasteiger partial charge is 0.266 e. The van der Waals surface area contributed by atoms with Gasteiger partial charge in [-0.15, -0.1) is 11.3 Å². The minimum absolute atomic E-state index is 0.0357. The highest BCUT2D eigenvalue weighted by molar-refractivity contribution is 9.10. The van der Waals surface area contributed by atoms with Crippen LogP contribution in [0.4, 0.5) is 5.69 Å². The van der Waals surface area contributed by atoms with Gasteiger partial charge in [-0.25, -0.2) is 0 Å². The van der Waals surface area contributed by atoms with Crippen molar-refractivity contribution in [1.82, 2.24) is 0 Å². The number of anilines is 1. The summed E-state index contributed by atoms with van der Waals surface area (Å²) < 4.78 is 0.908. The second-order valence-corrected chi connectivity index (χ2v) is 5.84. The van der Waals surface area contributed by atoms with Crippen molar-refractivity contribution in [3.63, 3.8) is 0 Å². The van der Waals surface area contributed by atoms with Crippen LogP contribution in [0.1, 0.15) is 27.7 Å². The number of thiophene rings is 1. The molecule has 0 unspecified atom stereocenters. The van der Waals surface area contributed by atoms with Gasteiger partial charge in [-0.1, -0.05) is 13.0 Å². The highest BCUT2D eigenvalue weighted by atomic mass is 79.9. The third-order valence-corrected chi connectivity index (χ3v) is 4.32. The second kappa shape index (κ2) is 5.67. The SMILES string of the molecule is CCc1ccsc1C(=O)Nc1ccc(C)cc1Br. The molecule has 0 aliphatic rings. The molecule has 1 heterocycles. The first-order valence-corrected chi connectivity index (χ1v) is 7.43. The predicted molar refractivity (Wildman–Crippen MR) is 80.5 cm³/mol. The van der Waals surface area contributed by atoms with Crippen molar-refractivity contribution in [2.75, 3.05) is 5.32 Å². The number of amides is 1. The Kier molecular flexibility index (Phi) is 4.19. The summed E-state index contributed by atoms with van der Waals surface area (Å²) in [4.78, 5) is 13.0. The Morgan fingerprint density at radius 3 is 2.83 bits per heavy atom. The van der Waals surface area contributed by atoms with Crippen LogP contribution in [0.25, 0.3) is 0 Å². The Morgan fingerprint density at radius 1 is 1.39 bits per heavy atom. The number of halogens is 1. The van der Waals surface area contributed by atoms with E-state index in [4.69, 9.17) is 0 Å². The molecule has 0 bridgehead atoms. The molecule has 1 aromatic carbocycles. The van der Waals surface area contributed by atoms with Crippen molar-refractivity contribution in [1.29, 1.82) is 0 Å². The molecule has 0 fully saturated rings. The fraction of sp³-hybridized carbons (Fsp3) is 0.214. The lowest BCUT2D eigenvalue weighted by Crippen LogP contribution is -2.12. The summed E-state index contributed by atoms with van der Waals surface area (Å²) in [5.41, 5.74) is 3.06. The third kappa shape index (κ3) is 2.82. The fourth-order valence-electron chi connectivity index (χ4n) is 1.71. The average molecular weight is 324 g/mol. The summed E-state index contributed by atoms with van der Waals surface area (Å²) in [5, 5.41) is 4.90. The zero-order valence-corrected chi connectivity index (χ0v) is 12.7. The van der Waals surface area contributed by atoms with Crippen molar-refractivity contribution in [2.45, 2.75) is 20.3 Å². The van der Waals surface area contributed by atoms with Gasteiger partial charge in [0.1, 0.15) is 0 Å². The van der Waals surface area contributed by atoms with E-state index >= 15 is 0 Å². The van der Waals surface area contributed by atoms with Gasteiger partial charge in [0.2, 0.25) is 0 Å². The number of hydrogen-bond donors (Lipinski definition) is 1. The predicted octanol–water partition coefficient (Wildman–Crippen LogP) is 4.63. The van der Waals surface area contributed by atoms with Crippen LogP contribution in [-0.4, -0.2) is 5.91 Å². The Balaban J connectivity index is 2.21. The van der Waals surface area contributed by atoms with Crippen molar-refractivity contribution in [3.05, 3.63) is 50.1 Å². The Labute approximate surface area is 119 Å². The lowest BCUT2D eigenvalue weighted by molar-refractivity contribution is 0.102. The number of carbonyl (C=O) groups is 1. The maximum Gasteiger partial charge on any atom is 0.266 e. The van der Waals surface area contributed by atoms with Gasteiger partial charge < -0.3 is 5.32 Å². The largest absolute Gasteiger partial charge is 0.320 e. The topological polar surface area (TPSA) is 29.1 Å². The van der Waals surface area contributed by atoms with E-state index in [9.17, 15) is 4.79 Å². The van der Waals surface area contributed by atoms with Gasteiger partial charge >= 0.3 is 0 Å². The van der Waals surface area contributed by atoms with E-state index in [1.807, 2.05) is 36.6 Å². The molecule has 4 heteroatoms. The summed E-state index contributed by atoms with van der Waals surface area (Å²) in [6.07, 6.45) is 0.876. The fourth-order valence-corrected chi connectivity index (χ4v) is 3.20. The number of carbonyl (C=O) groups excluding carboxylic acids is 1. The minimum Gasteiger partial charge on any atom is -0.320 e. The number of benzene rings is 1. The number of nitrogens with one attached hydrogen (secondary N) is 1. The Bertz CT molecular complexity index is 577. The van der Waals surface area contributed by atoms with Crippen LogP contribution in [0.5, 0.6) is 0 Å². The van der Waals surface area contributed by atoms with E-state index in [1.54, 1.807) is 0 Å². The van der Waals surface area contributed by atoms with Crippen LogP contribution < -0.4 is 5.32 Å². The van der Waals surface area contributed by atoms with E-state index < -0.39 is 0 Å². The summed E-state index contributed by atoms with van der Waals surface area (Å²) in [5.74, 6) is -0.0357. The van der Waals surface area contributed by atoms with Crippen molar-refractivity contribution in [2.24, 2.45) is 0 Å². The molecule has 2 nitrogen and oxygen atoms in total. The average Bonchev–Trinajstić information content (AvgIpc) is 2.81. The zero-order chi connectivity index (χ0) is 13.1. The van der Waals surface area contributed by atoms with Crippen molar-refractivity contribution < 1.29 is 4.79 Å². The molecule has 0 aliphatic heterocycles. The summed E-state index contributed by atoms with van der Waals surface area (Å²) in [6, 6.07) is 7.89. The number of rotatable bonds is 3. The molecule has 0 saturated carbocycles. The molecule has 18 heavy (non-hydrogen) atoms. The quantitative estimate of drug-likeness (QED) is 0.876. The van der Waals surface area contributed by atoms with Gasteiger partial charge in [-0.3, -0.25) is 4.79 Å². The highest BCUT2D eigenvalue weighted by Gasteiger charge is 2.13. The van der Waals surface area contributed by atoms with Crippen molar-refractivity contribution >= 4 is 38.9 Å². The number of hydrogen-bond acceptors (Lipinski definition) is 2. The highest BCUT2D eigenvalue weighted by Crippen LogP contribution is 2.25. The molecule has 1 aromatic heterocycles. The lowest BCUT2D eigenvalue weighted by atomic mass is 10.2. The van der Waals surface area contributed by atoms with E-state index in [1.165, 1.54) is 11.3 Å². The Hall–Kier alpha value is -1.13. The zero-order valence-electron chi connectivity index (χ0n) is 10.3. The molecule has 94 valence electrons. The molecule has 0 aliphatic carbocycles. The molecule has 1 amide bonds. The van der Waals surface area contributed by atoms with Gasteiger partial charge in [0.15, 0.2) is 0 Å². The monoisotopic (exact) mass is 323 g/mol. The van der Waals surface area contributed by atoms with Gasteiger partial charge in [0.25, 0.3) is 5.91 Å².